The molecule has 7 rings (SSSR count). The smallest absolute Gasteiger partial charge is 0.302 e. The van der Waals surface area contributed by atoms with Crippen LogP contribution in [0.15, 0.2) is 11.6 Å². The number of methoxy groups -OCH3 is 1. The van der Waals surface area contributed by atoms with Crippen molar-refractivity contribution in [1.29, 1.82) is 0 Å². The molecule has 2 aliphatic heterocycles. The summed E-state index contributed by atoms with van der Waals surface area (Å²) in [5, 5.41) is 89.4. The zero-order valence-corrected chi connectivity index (χ0v) is 37.0. The molecule has 0 amide bonds. The number of hydrogen-bond acceptors (Lipinski definition) is 15. The zero-order valence-electron chi connectivity index (χ0n) is 37.0. The number of fused-ring (bicyclic) bond motifs is 7. The molecule has 0 aromatic carbocycles. The van der Waals surface area contributed by atoms with Crippen molar-refractivity contribution in [3.05, 3.63) is 11.6 Å². The molecular formula is C45H74O15. The second kappa shape index (κ2) is 16.3. The number of esters is 1. The van der Waals surface area contributed by atoms with Crippen molar-refractivity contribution in [1.82, 2.24) is 0 Å². The molecule has 6 fully saturated rings. The van der Waals surface area contributed by atoms with E-state index in [-0.39, 0.29) is 58.7 Å². The van der Waals surface area contributed by atoms with Gasteiger partial charge in [0, 0.05) is 30.8 Å². The summed E-state index contributed by atoms with van der Waals surface area (Å²) in [6.45, 7) is 15.7. The molecule has 5 aliphatic carbocycles. The maximum atomic E-state index is 12.1. The predicted molar refractivity (Wildman–Crippen MR) is 215 cm³/mol. The summed E-state index contributed by atoms with van der Waals surface area (Å²) in [4.78, 5) is 11.4. The summed E-state index contributed by atoms with van der Waals surface area (Å²) in [6, 6.07) is 0. The third kappa shape index (κ3) is 7.07. The number of hydrogen-bond donors (Lipinski definition) is 8. The molecule has 15 nitrogen and oxygen atoms in total. The summed E-state index contributed by atoms with van der Waals surface area (Å²) in [6.07, 6.45) is -7.88. The van der Waals surface area contributed by atoms with Gasteiger partial charge < -0.3 is 69.3 Å². The first-order chi connectivity index (χ1) is 28.0. The highest BCUT2D eigenvalue weighted by Gasteiger charge is 2.72. The SMILES string of the molecule is CO[C@H]1C=C2[C@@H]3CC(C)(C)CC[C@]3(CO)[C@H](O)C[C@@]2(C)[C@]2(C)CC[C@@H]3[C@](C)(CC[C@@H](O[C@@H]4O[C@H](C)[C@H](O)[C@H](O[C@@H]5O[C@H](COC(C)=O)[C@@H](O)[C@H](O)[C@H]5O)[C@H]4O)[C@]3(C)CO)[C@@H]12. The van der Waals surface area contributed by atoms with E-state index in [1.54, 1.807) is 14.0 Å². The number of allylic oxidation sites excluding steroid dienone is 1. The van der Waals surface area contributed by atoms with E-state index in [4.69, 9.17) is 28.4 Å². The molecule has 21 atom stereocenters. The highest BCUT2D eigenvalue weighted by Crippen LogP contribution is 2.76. The molecule has 7 aliphatic rings. The largest absolute Gasteiger partial charge is 0.463 e. The Morgan fingerprint density at radius 2 is 1.48 bits per heavy atom. The standard InChI is InChI=1S/C45H74O15/c1-22-31(50)36(60-38-34(53)33(52)32(51)27(58-38)19-56-23(2)48)35(54)39(57-22)59-30-11-12-41(5)28(42(30,6)20-46)10-13-43(7)37(41)26(55-9)16-24-25-17-40(3,4)14-15-45(25,21-47)29(49)18-44(24,43)8/h16,22,25-39,46-47,49-54H,10-15,17-21H2,1-9H3/t22-,25+,26+,27-,28-,29-,30-,31+,32-,33+,34-,35-,36+,37-,38+,39+,41+,42-,43-,44-,45-/m1/s1. The third-order valence-corrected chi connectivity index (χ3v) is 17.9. The fourth-order valence-electron chi connectivity index (χ4n) is 14.2. The minimum atomic E-state index is -1.77. The van der Waals surface area contributed by atoms with Crippen LogP contribution in [-0.2, 0) is 33.2 Å². The van der Waals surface area contributed by atoms with Crippen LogP contribution in [-0.4, -0.2) is 153 Å². The van der Waals surface area contributed by atoms with Crippen LogP contribution in [0.2, 0.25) is 0 Å². The summed E-state index contributed by atoms with van der Waals surface area (Å²) in [5.41, 5.74) is -1.01. The molecule has 344 valence electrons. The van der Waals surface area contributed by atoms with Crippen LogP contribution in [0.3, 0.4) is 0 Å². The quantitative estimate of drug-likeness (QED) is 0.0941. The summed E-state index contributed by atoms with van der Waals surface area (Å²) >= 11 is 0. The Hall–Kier alpha value is -1.31. The van der Waals surface area contributed by atoms with Gasteiger partial charge in [-0.05, 0) is 91.8 Å². The Kier molecular flexibility index (Phi) is 12.7. The van der Waals surface area contributed by atoms with E-state index in [9.17, 15) is 45.6 Å². The average molecular weight is 855 g/mol. The molecule has 0 aromatic heterocycles. The average Bonchev–Trinajstić information content (AvgIpc) is 3.19. The first-order valence-electron chi connectivity index (χ1n) is 22.3. The van der Waals surface area contributed by atoms with Gasteiger partial charge in [0.25, 0.3) is 0 Å². The third-order valence-electron chi connectivity index (χ3n) is 17.9. The highest BCUT2D eigenvalue weighted by molar-refractivity contribution is 5.65. The van der Waals surface area contributed by atoms with Gasteiger partial charge in [0.2, 0.25) is 0 Å². The van der Waals surface area contributed by atoms with Crippen LogP contribution in [0.5, 0.6) is 0 Å². The second-order valence-corrected chi connectivity index (χ2v) is 21.6. The number of aliphatic hydroxyl groups is 8. The van der Waals surface area contributed by atoms with Gasteiger partial charge in [0.05, 0.1) is 37.6 Å². The van der Waals surface area contributed by atoms with Crippen molar-refractivity contribution in [2.24, 2.45) is 50.2 Å². The van der Waals surface area contributed by atoms with Gasteiger partial charge in [-0.2, -0.15) is 0 Å². The Bertz CT molecular complexity index is 1610. The minimum Gasteiger partial charge on any atom is -0.463 e. The first kappa shape index (κ1) is 46.7. The molecule has 2 heterocycles. The van der Waals surface area contributed by atoms with Gasteiger partial charge in [0.15, 0.2) is 12.6 Å². The molecule has 8 N–H and O–H groups in total. The van der Waals surface area contributed by atoms with E-state index in [1.807, 2.05) is 6.92 Å². The van der Waals surface area contributed by atoms with Gasteiger partial charge >= 0.3 is 5.97 Å². The topological polar surface area (TPSA) is 234 Å². The van der Waals surface area contributed by atoms with Crippen molar-refractivity contribution in [3.8, 4) is 0 Å². The molecule has 0 bridgehead atoms. The van der Waals surface area contributed by atoms with E-state index >= 15 is 0 Å². The molecule has 0 unspecified atom stereocenters. The lowest BCUT2D eigenvalue weighted by molar-refractivity contribution is -0.368. The van der Waals surface area contributed by atoms with E-state index in [1.165, 1.54) is 12.5 Å². The van der Waals surface area contributed by atoms with Gasteiger partial charge in [-0.15, -0.1) is 0 Å². The molecule has 0 aromatic rings. The molecule has 2 saturated heterocycles. The van der Waals surface area contributed by atoms with Crippen LogP contribution in [0.4, 0.5) is 0 Å². The van der Waals surface area contributed by atoms with Gasteiger partial charge in [-0.3, -0.25) is 4.79 Å². The number of rotatable bonds is 9. The normalized spacial score (nSPS) is 53.8. The van der Waals surface area contributed by atoms with E-state index < -0.39 is 97.0 Å². The molecule has 60 heavy (non-hydrogen) atoms. The number of aliphatic hydroxyl groups excluding tert-OH is 8. The lowest BCUT2D eigenvalue weighted by Crippen LogP contribution is -2.70. The maximum Gasteiger partial charge on any atom is 0.302 e. The monoisotopic (exact) mass is 855 g/mol. The Balaban J connectivity index is 1.15. The predicted octanol–water partition coefficient (Wildman–Crippen LogP) is 1.96. The zero-order chi connectivity index (χ0) is 44.1. The van der Waals surface area contributed by atoms with Gasteiger partial charge in [-0.1, -0.05) is 53.2 Å². The van der Waals surface area contributed by atoms with Crippen molar-refractivity contribution in [2.45, 2.75) is 186 Å². The highest BCUT2D eigenvalue weighted by atomic mass is 16.7. The van der Waals surface area contributed by atoms with Crippen LogP contribution in [0, 0.1) is 50.2 Å². The number of carbonyl (C=O) groups is 1. The lowest BCUT2D eigenvalue weighted by Gasteiger charge is -2.73. The second-order valence-electron chi connectivity index (χ2n) is 21.6. The van der Waals surface area contributed by atoms with Crippen LogP contribution in [0.25, 0.3) is 0 Å². The Labute approximate surface area is 354 Å². The molecule has 0 radical (unpaired) electrons. The first-order valence-corrected chi connectivity index (χ1v) is 22.3. The molecular weight excluding hydrogens is 780 g/mol. The van der Waals surface area contributed by atoms with E-state index in [2.05, 4.69) is 40.7 Å². The molecule has 0 spiro atoms. The lowest BCUT2D eigenvalue weighted by atomic mass is 9.32. The van der Waals surface area contributed by atoms with Crippen molar-refractivity contribution in [2.75, 3.05) is 26.9 Å². The van der Waals surface area contributed by atoms with E-state index in [0.29, 0.717) is 19.3 Å². The summed E-state index contributed by atoms with van der Waals surface area (Å²) in [5.74, 6) is -0.654. The van der Waals surface area contributed by atoms with Gasteiger partial charge in [0.1, 0.15) is 49.3 Å². The van der Waals surface area contributed by atoms with Crippen molar-refractivity contribution in [3.63, 3.8) is 0 Å². The molecule has 15 heteroatoms. The maximum absolute atomic E-state index is 12.1. The Morgan fingerprint density at radius 3 is 2.12 bits per heavy atom. The van der Waals surface area contributed by atoms with E-state index in [0.717, 1.165) is 32.1 Å². The van der Waals surface area contributed by atoms with Gasteiger partial charge in [-0.25, -0.2) is 0 Å². The van der Waals surface area contributed by atoms with Crippen LogP contribution >= 0.6 is 0 Å². The Morgan fingerprint density at radius 1 is 0.800 bits per heavy atom. The fraction of sp³-hybridized carbons (Fsp3) is 0.933. The number of carbonyl (C=O) groups excluding carboxylic acids is 1. The van der Waals surface area contributed by atoms with Crippen LogP contribution in [0.1, 0.15) is 107 Å². The fourth-order valence-corrected chi connectivity index (χ4v) is 14.2. The number of ether oxygens (including phenoxy) is 6. The van der Waals surface area contributed by atoms with Crippen molar-refractivity contribution >= 4 is 5.97 Å². The van der Waals surface area contributed by atoms with Crippen molar-refractivity contribution < 1.29 is 74.1 Å². The molecule has 4 saturated carbocycles. The van der Waals surface area contributed by atoms with Crippen LogP contribution < -0.4 is 0 Å². The summed E-state index contributed by atoms with van der Waals surface area (Å²) < 4.78 is 35.9. The summed E-state index contributed by atoms with van der Waals surface area (Å²) in [7, 11) is 1.77. The minimum absolute atomic E-state index is 0.0182.